The normalized spacial score (nSPS) is 18.5. The number of Topliss-reactive ketones (excluding diaryl/α,β-unsaturated/α-hetero) is 1. The number of ether oxygens (including phenoxy) is 1. The molecule has 11 heteroatoms. The predicted molar refractivity (Wildman–Crippen MR) is 125 cm³/mol. The average Bonchev–Trinajstić information content (AvgIpc) is 3.40. The first kappa shape index (κ1) is 23.3. The lowest BCUT2D eigenvalue weighted by Gasteiger charge is -2.38. The molecule has 9 nitrogen and oxygen atoms in total. The van der Waals surface area contributed by atoms with Gasteiger partial charge in [-0.25, -0.2) is 9.78 Å². The van der Waals surface area contributed by atoms with E-state index in [0.717, 1.165) is 17.0 Å². The molecule has 1 fully saturated rings. The molecule has 1 aliphatic rings. The zero-order valence-electron chi connectivity index (χ0n) is 18.2. The fraction of sp³-hybridized carbons (Fsp3) is 0.409. The summed E-state index contributed by atoms with van der Waals surface area (Å²) in [5.41, 5.74) is 2.00. The zero-order valence-corrected chi connectivity index (χ0v) is 19.8. The number of nitrogens with zero attached hydrogens (tertiary/aromatic N) is 4. The molecular formula is C22H24ClN5O4S. The van der Waals surface area contributed by atoms with Gasteiger partial charge in [0, 0.05) is 44.2 Å². The van der Waals surface area contributed by atoms with E-state index >= 15 is 0 Å². The molecule has 2 atom stereocenters. The molecule has 0 unspecified atom stereocenters. The van der Waals surface area contributed by atoms with E-state index < -0.39 is 5.97 Å². The molecule has 0 aliphatic carbocycles. The number of aromatic amines is 1. The number of aromatic carboxylic acids is 1. The largest absolute Gasteiger partial charge is 0.477 e. The molecule has 4 rings (SSSR count). The van der Waals surface area contributed by atoms with Gasteiger partial charge in [0.05, 0.1) is 23.0 Å². The summed E-state index contributed by atoms with van der Waals surface area (Å²) < 4.78 is 5.99. The number of H-pyrrole nitrogens is 1. The number of halogens is 1. The number of carboxylic acids is 1. The van der Waals surface area contributed by atoms with Gasteiger partial charge in [-0.3, -0.25) is 14.8 Å². The lowest BCUT2D eigenvalue weighted by atomic mass is 9.88. The number of hydrogen-bond donors (Lipinski definition) is 2. The molecule has 3 aromatic heterocycles. The second-order valence-corrected chi connectivity index (χ2v) is 9.23. The molecule has 1 aliphatic heterocycles. The van der Waals surface area contributed by atoms with E-state index in [1.165, 1.54) is 18.6 Å². The van der Waals surface area contributed by atoms with E-state index in [-0.39, 0.29) is 22.7 Å². The van der Waals surface area contributed by atoms with Crippen LogP contribution in [0.1, 0.15) is 45.6 Å². The molecule has 4 heterocycles. The van der Waals surface area contributed by atoms with E-state index in [0.29, 0.717) is 59.8 Å². The third-order valence-corrected chi connectivity index (χ3v) is 7.16. The highest BCUT2D eigenvalue weighted by Gasteiger charge is 2.34. The van der Waals surface area contributed by atoms with Crippen LogP contribution in [0.5, 0.6) is 0 Å². The maximum Gasteiger partial charge on any atom is 0.348 e. The average molecular weight is 490 g/mol. The second kappa shape index (κ2) is 9.98. The van der Waals surface area contributed by atoms with Crippen LogP contribution in [0.3, 0.4) is 0 Å². The van der Waals surface area contributed by atoms with Crippen LogP contribution in [0, 0.1) is 12.8 Å². The predicted octanol–water partition coefficient (Wildman–Crippen LogP) is 4.09. The molecule has 174 valence electrons. The Hall–Kier alpha value is -2.82. The highest BCUT2D eigenvalue weighted by Crippen LogP contribution is 2.35. The summed E-state index contributed by atoms with van der Waals surface area (Å²) in [5, 5.41) is 10.8. The smallest absolute Gasteiger partial charge is 0.348 e. The summed E-state index contributed by atoms with van der Waals surface area (Å²) >= 11 is 7.20. The SMILES string of the molecule is CCO[C@H]1CN(c2nc(-c3cnccn3)c(C(=O)O)s2)CC[C@H]1CC(=O)c1cc(Cl)c(C)[nH]1. The van der Waals surface area contributed by atoms with Crippen molar-refractivity contribution < 1.29 is 19.4 Å². The number of aryl methyl sites for hydroxylation is 1. The van der Waals surface area contributed by atoms with Gasteiger partial charge in [0.2, 0.25) is 0 Å². The van der Waals surface area contributed by atoms with Gasteiger partial charge in [-0.1, -0.05) is 22.9 Å². The number of nitrogens with one attached hydrogen (secondary N) is 1. The van der Waals surface area contributed by atoms with E-state index in [4.69, 9.17) is 16.3 Å². The number of carbonyl (C=O) groups excluding carboxylic acids is 1. The molecule has 0 saturated carbocycles. The summed E-state index contributed by atoms with van der Waals surface area (Å²) in [6, 6.07) is 1.67. The summed E-state index contributed by atoms with van der Waals surface area (Å²) in [5.74, 6) is -1.02. The van der Waals surface area contributed by atoms with Crippen molar-refractivity contribution >= 4 is 39.8 Å². The number of piperidine rings is 1. The van der Waals surface area contributed by atoms with Crippen molar-refractivity contribution in [3.8, 4) is 11.4 Å². The Labute approximate surface area is 199 Å². The van der Waals surface area contributed by atoms with Gasteiger partial charge in [0.25, 0.3) is 0 Å². The van der Waals surface area contributed by atoms with E-state index in [1.807, 2.05) is 18.7 Å². The van der Waals surface area contributed by atoms with Gasteiger partial charge >= 0.3 is 5.97 Å². The van der Waals surface area contributed by atoms with Gasteiger partial charge in [-0.05, 0) is 32.3 Å². The first-order chi connectivity index (χ1) is 15.9. The maximum absolute atomic E-state index is 12.8. The molecule has 1 saturated heterocycles. The number of carboxylic acid groups (broad SMARTS) is 1. The number of carbonyl (C=O) groups is 2. The Bertz CT molecular complexity index is 1130. The highest BCUT2D eigenvalue weighted by atomic mass is 35.5. The number of anilines is 1. The van der Waals surface area contributed by atoms with Crippen LogP contribution in [-0.2, 0) is 4.74 Å². The Morgan fingerprint density at radius 3 is 2.85 bits per heavy atom. The summed E-state index contributed by atoms with van der Waals surface area (Å²) in [4.78, 5) is 42.6. The van der Waals surface area contributed by atoms with Crippen LogP contribution >= 0.6 is 22.9 Å². The number of thiazole rings is 1. The minimum Gasteiger partial charge on any atom is -0.477 e. The summed E-state index contributed by atoms with van der Waals surface area (Å²) in [6.45, 7) is 5.42. The third-order valence-electron chi connectivity index (χ3n) is 5.66. The van der Waals surface area contributed by atoms with E-state index in [1.54, 1.807) is 6.07 Å². The maximum atomic E-state index is 12.8. The summed E-state index contributed by atoms with van der Waals surface area (Å²) in [7, 11) is 0. The number of rotatable bonds is 8. The first-order valence-corrected chi connectivity index (χ1v) is 11.8. The lowest BCUT2D eigenvalue weighted by molar-refractivity contribution is 0.0103. The van der Waals surface area contributed by atoms with Crippen molar-refractivity contribution in [1.82, 2.24) is 19.9 Å². The fourth-order valence-corrected chi connectivity index (χ4v) is 5.10. The molecule has 0 amide bonds. The first-order valence-electron chi connectivity index (χ1n) is 10.6. The molecule has 2 N–H and O–H groups in total. The Balaban J connectivity index is 1.52. The topological polar surface area (TPSA) is 121 Å². The monoisotopic (exact) mass is 489 g/mol. The van der Waals surface area contributed by atoms with Crippen LogP contribution in [0.25, 0.3) is 11.4 Å². The van der Waals surface area contributed by atoms with Crippen molar-refractivity contribution in [3.63, 3.8) is 0 Å². The zero-order chi connectivity index (χ0) is 23.5. The van der Waals surface area contributed by atoms with Gasteiger partial charge in [-0.15, -0.1) is 0 Å². The number of aromatic nitrogens is 4. The molecule has 0 bridgehead atoms. The minimum atomic E-state index is -1.05. The standard InChI is InChI=1S/C22H24ClN5O4S/c1-3-32-18-11-28(7-4-13(18)8-17(29)15-9-14(23)12(2)26-15)22-27-19(20(33-22)21(30)31)16-10-24-5-6-25-16/h5-6,9-10,13,18,26H,3-4,7-8,11H2,1-2H3,(H,30,31)/t13-,18-/m0/s1. The molecule has 0 radical (unpaired) electrons. The Morgan fingerprint density at radius 2 is 2.21 bits per heavy atom. The van der Waals surface area contributed by atoms with Crippen LogP contribution in [0.2, 0.25) is 5.02 Å². The van der Waals surface area contributed by atoms with Crippen LogP contribution in [0.15, 0.2) is 24.7 Å². The molecule has 0 spiro atoms. The number of ketones is 1. The van der Waals surface area contributed by atoms with Gasteiger partial charge < -0.3 is 19.7 Å². The Morgan fingerprint density at radius 1 is 1.39 bits per heavy atom. The van der Waals surface area contributed by atoms with E-state index in [2.05, 4.69) is 19.9 Å². The molecule has 3 aromatic rings. The second-order valence-electron chi connectivity index (χ2n) is 7.84. The fourth-order valence-electron chi connectivity index (χ4n) is 3.99. The highest BCUT2D eigenvalue weighted by molar-refractivity contribution is 7.17. The van der Waals surface area contributed by atoms with Crippen molar-refractivity contribution in [2.75, 3.05) is 24.6 Å². The van der Waals surface area contributed by atoms with Crippen molar-refractivity contribution in [2.24, 2.45) is 5.92 Å². The van der Waals surface area contributed by atoms with Crippen LogP contribution in [0.4, 0.5) is 5.13 Å². The third kappa shape index (κ3) is 5.07. The van der Waals surface area contributed by atoms with Crippen LogP contribution < -0.4 is 4.90 Å². The summed E-state index contributed by atoms with van der Waals surface area (Å²) in [6.07, 6.45) is 5.41. The van der Waals surface area contributed by atoms with E-state index in [9.17, 15) is 14.7 Å². The van der Waals surface area contributed by atoms with Gasteiger partial charge in [0.15, 0.2) is 10.9 Å². The number of hydrogen-bond acceptors (Lipinski definition) is 8. The van der Waals surface area contributed by atoms with Crippen LogP contribution in [-0.4, -0.2) is 62.6 Å². The van der Waals surface area contributed by atoms with Gasteiger partial charge in [-0.2, -0.15) is 0 Å². The van der Waals surface area contributed by atoms with Gasteiger partial charge in [0.1, 0.15) is 16.3 Å². The van der Waals surface area contributed by atoms with Crippen molar-refractivity contribution in [3.05, 3.63) is 45.9 Å². The lowest BCUT2D eigenvalue weighted by Crippen LogP contribution is -2.46. The van der Waals surface area contributed by atoms with Crippen molar-refractivity contribution in [2.45, 2.75) is 32.8 Å². The Kier molecular flexibility index (Phi) is 7.06. The molecule has 0 aromatic carbocycles. The van der Waals surface area contributed by atoms with Crippen molar-refractivity contribution in [1.29, 1.82) is 0 Å². The minimum absolute atomic E-state index is 0.000466. The molecular weight excluding hydrogens is 466 g/mol. The quantitative estimate of drug-likeness (QED) is 0.454. The molecule has 33 heavy (non-hydrogen) atoms.